The van der Waals surface area contributed by atoms with Crippen LogP contribution in [-0.4, -0.2) is 55.3 Å². The first kappa shape index (κ1) is 17.9. The standard InChI is InChI=1S/C14H26N2O4S/c1-5-10(3)12-13(17)15-11(4)14(18)16(12)8-7-9-21(19,20)6-2/h10-12H,5-9H2,1-4H3,(H,15,17). The van der Waals surface area contributed by atoms with E-state index in [1.54, 1.807) is 18.7 Å². The molecule has 1 saturated heterocycles. The van der Waals surface area contributed by atoms with Gasteiger partial charge in [0.15, 0.2) is 0 Å². The van der Waals surface area contributed by atoms with Crippen molar-refractivity contribution in [1.82, 2.24) is 10.2 Å². The van der Waals surface area contributed by atoms with Gasteiger partial charge in [-0.15, -0.1) is 0 Å². The topological polar surface area (TPSA) is 83.6 Å². The molecule has 3 atom stereocenters. The van der Waals surface area contributed by atoms with Crippen LogP contribution in [0.4, 0.5) is 0 Å². The number of carbonyl (C=O) groups excluding carboxylic acids is 2. The highest BCUT2D eigenvalue weighted by atomic mass is 32.2. The van der Waals surface area contributed by atoms with Crippen molar-refractivity contribution in [2.45, 2.75) is 52.6 Å². The summed E-state index contributed by atoms with van der Waals surface area (Å²) >= 11 is 0. The fourth-order valence-corrected chi connectivity index (χ4v) is 3.38. The SMILES string of the molecule is CCC(C)C1C(=O)NC(C)C(=O)N1CCCS(=O)(=O)CC. The number of piperazine rings is 1. The Morgan fingerprint density at radius 3 is 2.43 bits per heavy atom. The van der Waals surface area contributed by atoms with E-state index in [1.165, 1.54) is 0 Å². The Morgan fingerprint density at radius 1 is 1.29 bits per heavy atom. The normalized spacial score (nSPS) is 24.9. The highest BCUT2D eigenvalue weighted by Gasteiger charge is 2.40. The lowest BCUT2D eigenvalue weighted by Gasteiger charge is -2.40. The molecule has 0 spiro atoms. The molecule has 1 N–H and O–H groups in total. The van der Waals surface area contributed by atoms with Crippen molar-refractivity contribution in [3.05, 3.63) is 0 Å². The first-order valence-corrected chi connectivity index (χ1v) is 9.36. The molecule has 7 heteroatoms. The molecule has 3 unspecified atom stereocenters. The lowest BCUT2D eigenvalue weighted by Crippen LogP contribution is -2.64. The van der Waals surface area contributed by atoms with Crippen molar-refractivity contribution >= 4 is 21.7 Å². The number of hydrogen-bond donors (Lipinski definition) is 1. The van der Waals surface area contributed by atoms with Gasteiger partial charge in [-0.2, -0.15) is 0 Å². The van der Waals surface area contributed by atoms with Crippen LogP contribution in [0.3, 0.4) is 0 Å². The largest absolute Gasteiger partial charge is 0.343 e. The minimum Gasteiger partial charge on any atom is -0.343 e. The summed E-state index contributed by atoms with van der Waals surface area (Å²) in [6.07, 6.45) is 1.15. The Kier molecular flexibility index (Phi) is 6.19. The number of hydrogen-bond acceptors (Lipinski definition) is 4. The van der Waals surface area contributed by atoms with Gasteiger partial charge < -0.3 is 10.2 Å². The number of nitrogens with one attached hydrogen (secondary N) is 1. The van der Waals surface area contributed by atoms with E-state index in [0.717, 1.165) is 6.42 Å². The summed E-state index contributed by atoms with van der Waals surface area (Å²) in [5, 5.41) is 2.69. The predicted octanol–water partition coefficient (Wildman–Crippen LogP) is 0.573. The predicted molar refractivity (Wildman–Crippen MR) is 81.5 cm³/mol. The second-order valence-corrected chi connectivity index (χ2v) is 8.15. The Morgan fingerprint density at radius 2 is 1.90 bits per heavy atom. The highest BCUT2D eigenvalue weighted by Crippen LogP contribution is 2.20. The average Bonchev–Trinajstić information content (AvgIpc) is 2.43. The minimum atomic E-state index is -3.05. The summed E-state index contributed by atoms with van der Waals surface area (Å²) in [7, 11) is -3.05. The maximum absolute atomic E-state index is 12.3. The molecule has 21 heavy (non-hydrogen) atoms. The fourth-order valence-electron chi connectivity index (χ4n) is 2.53. The maximum Gasteiger partial charge on any atom is 0.245 e. The van der Waals surface area contributed by atoms with Crippen molar-refractivity contribution < 1.29 is 18.0 Å². The van der Waals surface area contributed by atoms with Crippen LogP contribution in [0.25, 0.3) is 0 Å². The number of sulfone groups is 1. The molecule has 0 aliphatic carbocycles. The molecular formula is C14H26N2O4S. The molecule has 1 heterocycles. The summed E-state index contributed by atoms with van der Waals surface area (Å²) in [4.78, 5) is 26.0. The van der Waals surface area contributed by atoms with Crippen LogP contribution in [0.2, 0.25) is 0 Å². The Balaban J connectivity index is 2.81. The molecule has 1 fully saturated rings. The van der Waals surface area contributed by atoms with Crippen molar-refractivity contribution in [2.24, 2.45) is 5.92 Å². The van der Waals surface area contributed by atoms with Crippen LogP contribution in [0.5, 0.6) is 0 Å². The zero-order valence-corrected chi connectivity index (χ0v) is 14.1. The third-order valence-corrected chi connectivity index (χ3v) is 5.88. The van der Waals surface area contributed by atoms with E-state index in [9.17, 15) is 18.0 Å². The molecule has 0 aromatic heterocycles. The van der Waals surface area contributed by atoms with E-state index in [-0.39, 0.29) is 29.2 Å². The van der Waals surface area contributed by atoms with Gasteiger partial charge in [-0.1, -0.05) is 27.2 Å². The first-order valence-electron chi connectivity index (χ1n) is 7.54. The lowest BCUT2D eigenvalue weighted by atomic mass is 9.93. The van der Waals surface area contributed by atoms with E-state index in [1.807, 2.05) is 13.8 Å². The molecule has 1 rings (SSSR count). The van der Waals surface area contributed by atoms with Crippen LogP contribution < -0.4 is 5.32 Å². The van der Waals surface area contributed by atoms with E-state index in [2.05, 4.69) is 5.32 Å². The molecule has 0 bridgehead atoms. The average molecular weight is 318 g/mol. The van der Waals surface area contributed by atoms with Crippen LogP contribution >= 0.6 is 0 Å². The molecule has 0 aromatic carbocycles. The van der Waals surface area contributed by atoms with Gasteiger partial charge in [0, 0.05) is 12.3 Å². The Bertz CT molecular complexity index is 489. The smallest absolute Gasteiger partial charge is 0.245 e. The Hall–Kier alpha value is -1.11. The maximum atomic E-state index is 12.3. The van der Waals surface area contributed by atoms with Gasteiger partial charge in [0.1, 0.15) is 21.9 Å². The second-order valence-electron chi connectivity index (χ2n) is 5.68. The molecule has 1 aliphatic heterocycles. The number of amides is 2. The lowest BCUT2D eigenvalue weighted by molar-refractivity contribution is -0.150. The highest BCUT2D eigenvalue weighted by molar-refractivity contribution is 7.91. The number of carbonyl (C=O) groups is 2. The zero-order valence-electron chi connectivity index (χ0n) is 13.3. The van der Waals surface area contributed by atoms with Gasteiger partial charge in [0.25, 0.3) is 0 Å². The summed E-state index contributed by atoms with van der Waals surface area (Å²) in [5.74, 6) is -0.0730. The molecule has 0 saturated carbocycles. The molecule has 0 radical (unpaired) electrons. The quantitative estimate of drug-likeness (QED) is 0.744. The van der Waals surface area contributed by atoms with Crippen LogP contribution in [0.15, 0.2) is 0 Å². The van der Waals surface area contributed by atoms with Crippen LogP contribution in [-0.2, 0) is 19.4 Å². The van der Waals surface area contributed by atoms with Gasteiger partial charge >= 0.3 is 0 Å². The van der Waals surface area contributed by atoms with Crippen LogP contribution in [0.1, 0.15) is 40.5 Å². The summed E-state index contributed by atoms with van der Waals surface area (Å²) < 4.78 is 23.1. The Labute approximate surface area is 127 Å². The molecule has 1 aliphatic rings. The van der Waals surface area contributed by atoms with Gasteiger partial charge in [-0.05, 0) is 19.3 Å². The van der Waals surface area contributed by atoms with Gasteiger partial charge in [0.2, 0.25) is 11.8 Å². The second kappa shape index (κ2) is 7.24. The van der Waals surface area contributed by atoms with E-state index in [0.29, 0.717) is 13.0 Å². The summed E-state index contributed by atoms with van der Waals surface area (Å²) in [6.45, 7) is 7.48. The number of rotatable bonds is 7. The van der Waals surface area contributed by atoms with Gasteiger partial charge in [0.05, 0.1) is 5.75 Å². The molecular weight excluding hydrogens is 292 g/mol. The monoisotopic (exact) mass is 318 g/mol. The third-order valence-electron chi connectivity index (χ3n) is 4.09. The van der Waals surface area contributed by atoms with Crippen molar-refractivity contribution in [1.29, 1.82) is 0 Å². The van der Waals surface area contributed by atoms with E-state index in [4.69, 9.17) is 0 Å². The van der Waals surface area contributed by atoms with Crippen molar-refractivity contribution in [3.8, 4) is 0 Å². The fraction of sp³-hybridized carbons (Fsp3) is 0.857. The van der Waals surface area contributed by atoms with Crippen molar-refractivity contribution in [3.63, 3.8) is 0 Å². The first-order chi connectivity index (χ1) is 9.73. The zero-order chi connectivity index (χ0) is 16.2. The van der Waals surface area contributed by atoms with E-state index < -0.39 is 21.9 Å². The summed E-state index contributed by atoms with van der Waals surface area (Å²) in [5.41, 5.74) is 0. The van der Waals surface area contributed by atoms with Gasteiger partial charge in [-0.3, -0.25) is 9.59 Å². The van der Waals surface area contributed by atoms with Crippen molar-refractivity contribution in [2.75, 3.05) is 18.1 Å². The molecule has 122 valence electrons. The molecule has 0 aromatic rings. The summed E-state index contributed by atoms with van der Waals surface area (Å²) in [6, 6.07) is -1.04. The van der Waals surface area contributed by atoms with Gasteiger partial charge in [-0.25, -0.2) is 8.42 Å². The van der Waals surface area contributed by atoms with E-state index >= 15 is 0 Å². The minimum absolute atomic E-state index is 0.0456. The molecule has 6 nitrogen and oxygen atoms in total. The molecule has 2 amide bonds. The van der Waals surface area contributed by atoms with Crippen LogP contribution in [0, 0.1) is 5.92 Å². The number of nitrogens with zero attached hydrogens (tertiary/aromatic N) is 1. The third kappa shape index (κ3) is 4.43.